The van der Waals surface area contributed by atoms with Gasteiger partial charge in [0.2, 0.25) is 5.91 Å². The van der Waals surface area contributed by atoms with E-state index in [0.29, 0.717) is 5.69 Å². The summed E-state index contributed by atoms with van der Waals surface area (Å²) in [5, 5.41) is 6.35. The minimum Gasteiger partial charge on any atom is -0.324 e. The summed E-state index contributed by atoms with van der Waals surface area (Å²) in [6.45, 7) is -0.235. The van der Waals surface area contributed by atoms with Crippen molar-refractivity contribution in [3.05, 3.63) is 54.4 Å². The van der Waals surface area contributed by atoms with Crippen LogP contribution >= 0.6 is 45.8 Å². The second kappa shape index (κ2) is 6.55. The standard InChI is InChI=1S/C12H8Cl2IN3O2/c13-9-5-16-18(12(20)11(9)14)6-10(19)17-8-3-1-2-7(15)4-8/h1-5H,6H2,(H,17,19). The molecule has 8 heteroatoms. The molecule has 0 spiro atoms. The average Bonchev–Trinajstić information content (AvgIpc) is 2.39. The Morgan fingerprint density at radius 2 is 2.15 bits per heavy atom. The molecule has 2 rings (SSSR count). The van der Waals surface area contributed by atoms with Crippen LogP contribution in [0.1, 0.15) is 0 Å². The number of anilines is 1. The van der Waals surface area contributed by atoms with Gasteiger partial charge in [0.1, 0.15) is 11.6 Å². The van der Waals surface area contributed by atoms with Gasteiger partial charge in [-0.1, -0.05) is 29.3 Å². The highest BCUT2D eigenvalue weighted by Crippen LogP contribution is 2.15. The summed E-state index contributed by atoms with van der Waals surface area (Å²) < 4.78 is 1.95. The molecule has 0 saturated heterocycles. The van der Waals surface area contributed by atoms with Gasteiger partial charge in [-0.2, -0.15) is 5.10 Å². The van der Waals surface area contributed by atoms with Crippen molar-refractivity contribution < 1.29 is 4.79 Å². The molecule has 104 valence electrons. The summed E-state index contributed by atoms with van der Waals surface area (Å²) >= 11 is 13.5. The van der Waals surface area contributed by atoms with Crippen LogP contribution in [0.25, 0.3) is 0 Å². The Bertz CT molecular complexity index is 718. The highest BCUT2D eigenvalue weighted by atomic mass is 127. The van der Waals surface area contributed by atoms with E-state index >= 15 is 0 Å². The van der Waals surface area contributed by atoms with E-state index in [1.807, 2.05) is 18.2 Å². The summed E-state index contributed by atoms with van der Waals surface area (Å²) in [7, 11) is 0. The molecule has 1 aromatic carbocycles. The summed E-state index contributed by atoms with van der Waals surface area (Å²) in [5.74, 6) is -0.375. The van der Waals surface area contributed by atoms with Crippen LogP contribution in [0.2, 0.25) is 10.0 Å². The molecule has 0 fully saturated rings. The first-order valence-electron chi connectivity index (χ1n) is 5.44. The van der Waals surface area contributed by atoms with Gasteiger partial charge >= 0.3 is 0 Å². The molecule has 0 radical (unpaired) electrons. The number of amides is 1. The van der Waals surface area contributed by atoms with Gasteiger partial charge in [0.15, 0.2) is 0 Å². The molecule has 5 nitrogen and oxygen atoms in total. The van der Waals surface area contributed by atoms with Crippen LogP contribution < -0.4 is 10.9 Å². The van der Waals surface area contributed by atoms with E-state index in [9.17, 15) is 9.59 Å². The predicted octanol–water partition coefficient (Wildman–Crippen LogP) is 2.79. The van der Waals surface area contributed by atoms with Crippen molar-refractivity contribution in [3.63, 3.8) is 0 Å². The average molecular weight is 424 g/mol. The number of benzene rings is 1. The highest BCUT2D eigenvalue weighted by Gasteiger charge is 2.11. The number of halogens is 3. The summed E-state index contributed by atoms with van der Waals surface area (Å²) in [5.41, 5.74) is 0.0481. The van der Waals surface area contributed by atoms with E-state index in [4.69, 9.17) is 23.2 Å². The van der Waals surface area contributed by atoms with Gasteiger partial charge in [-0.15, -0.1) is 0 Å². The molecular formula is C12H8Cl2IN3O2. The van der Waals surface area contributed by atoms with Crippen molar-refractivity contribution in [2.24, 2.45) is 0 Å². The first-order valence-corrected chi connectivity index (χ1v) is 7.27. The molecule has 0 aliphatic heterocycles. The van der Waals surface area contributed by atoms with Gasteiger partial charge < -0.3 is 5.32 Å². The lowest BCUT2D eigenvalue weighted by atomic mass is 10.3. The molecular weight excluding hydrogens is 416 g/mol. The van der Waals surface area contributed by atoms with Gasteiger partial charge in [0.05, 0.1) is 11.2 Å². The van der Waals surface area contributed by atoms with Crippen LogP contribution in [-0.4, -0.2) is 15.7 Å². The molecule has 1 N–H and O–H groups in total. The maximum Gasteiger partial charge on any atom is 0.287 e. The van der Waals surface area contributed by atoms with Crippen molar-refractivity contribution in [1.29, 1.82) is 0 Å². The molecule has 0 aliphatic rings. The van der Waals surface area contributed by atoms with Gasteiger partial charge in [-0.25, -0.2) is 4.68 Å². The fourth-order valence-electron chi connectivity index (χ4n) is 1.46. The van der Waals surface area contributed by atoms with E-state index in [2.05, 4.69) is 33.0 Å². The fourth-order valence-corrected chi connectivity index (χ4v) is 2.27. The molecule has 20 heavy (non-hydrogen) atoms. The van der Waals surface area contributed by atoms with Crippen LogP contribution in [0.3, 0.4) is 0 Å². The second-order valence-electron chi connectivity index (χ2n) is 3.83. The summed E-state index contributed by atoms with van der Waals surface area (Å²) in [6.07, 6.45) is 1.23. The van der Waals surface area contributed by atoms with E-state index in [1.165, 1.54) is 6.20 Å². The topological polar surface area (TPSA) is 64.0 Å². The molecule has 0 unspecified atom stereocenters. The molecule has 0 atom stereocenters. The number of nitrogens with one attached hydrogen (secondary N) is 1. The molecule has 0 bridgehead atoms. The Balaban J connectivity index is 2.13. The molecule has 1 amide bonds. The maximum absolute atomic E-state index is 11.9. The monoisotopic (exact) mass is 423 g/mol. The minimum absolute atomic E-state index is 0.0611. The quantitative estimate of drug-likeness (QED) is 0.772. The van der Waals surface area contributed by atoms with Crippen LogP contribution in [0.4, 0.5) is 5.69 Å². The van der Waals surface area contributed by atoms with E-state index < -0.39 is 5.56 Å². The number of aromatic nitrogens is 2. The lowest BCUT2D eigenvalue weighted by Crippen LogP contribution is -2.29. The molecule has 1 aromatic heterocycles. The van der Waals surface area contributed by atoms with Gasteiger partial charge in [-0.3, -0.25) is 9.59 Å². The largest absolute Gasteiger partial charge is 0.324 e. The number of nitrogens with zero attached hydrogens (tertiary/aromatic N) is 2. The Hall–Kier alpha value is -1.12. The molecule has 0 aliphatic carbocycles. The second-order valence-corrected chi connectivity index (χ2v) is 5.86. The zero-order valence-electron chi connectivity index (χ0n) is 9.94. The third-order valence-electron chi connectivity index (χ3n) is 2.34. The van der Waals surface area contributed by atoms with Crippen LogP contribution in [0, 0.1) is 3.57 Å². The number of hydrogen-bond donors (Lipinski definition) is 1. The zero-order valence-corrected chi connectivity index (χ0v) is 13.6. The number of carbonyl (C=O) groups is 1. The van der Waals surface area contributed by atoms with E-state index in [0.717, 1.165) is 8.25 Å². The Morgan fingerprint density at radius 3 is 2.85 bits per heavy atom. The number of carbonyl (C=O) groups excluding carboxylic acids is 1. The fraction of sp³-hybridized carbons (Fsp3) is 0.0833. The third kappa shape index (κ3) is 3.71. The number of hydrogen-bond acceptors (Lipinski definition) is 3. The maximum atomic E-state index is 11.9. The van der Waals surface area contributed by atoms with Crippen molar-refractivity contribution in [1.82, 2.24) is 9.78 Å². The Morgan fingerprint density at radius 1 is 1.40 bits per heavy atom. The van der Waals surface area contributed by atoms with Gasteiger partial charge in [-0.05, 0) is 40.8 Å². The first-order chi connectivity index (χ1) is 9.47. The van der Waals surface area contributed by atoms with Gasteiger partial charge in [0.25, 0.3) is 5.56 Å². The zero-order chi connectivity index (χ0) is 14.7. The Labute approximate surface area is 138 Å². The Kier molecular flexibility index (Phi) is 5.00. The van der Waals surface area contributed by atoms with E-state index in [-0.39, 0.29) is 22.5 Å². The van der Waals surface area contributed by atoms with Crippen molar-refractivity contribution >= 4 is 57.4 Å². The minimum atomic E-state index is -0.600. The summed E-state index contributed by atoms with van der Waals surface area (Å²) in [4.78, 5) is 23.6. The van der Waals surface area contributed by atoms with Crippen molar-refractivity contribution in [2.45, 2.75) is 6.54 Å². The number of rotatable bonds is 3. The smallest absolute Gasteiger partial charge is 0.287 e. The molecule has 2 aromatic rings. The van der Waals surface area contributed by atoms with Crippen LogP contribution in [0.5, 0.6) is 0 Å². The lowest BCUT2D eigenvalue weighted by Gasteiger charge is -2.07. The first kappa shape index (κ1) is 15.3. The van der Waals surface area contributed by atoms with Crippen LogP contribution in [-0.2, 0) is 11.3 Å². The normalized spacial score (nSPS) is 10.3. The third-order valence-corrected chi connectivity index (χ3v) is 3.76. The predicted molar refractivity (Wildman–Crippen MR) is 86.3 cm³/mol. The van der Waals surface area contributed by atoms with Crippen molar-refractivity contribution in [2.75, 3.05) is 5.32 Å². The molecule has 0 saturated carbocycles. The van der Waals surface area contributed by atoms with Crippen LogP contribution in [0.15, 0.2) is 35.3 Å². The lowest BCUT2D eigenvalue weighted by molar-refractivity contribution is -0.117. The summed E-state index contributed by atoms with van der Waals surface area (Å²) in [6, 6.07) is 7.29. The van der Waals surface area contributed by atoms with Crippen molar-refractivity contribution in [3.8, 4) is 0 Å². The highest BCUT2D eigenvalue weighted by molar-refractivity contribution is 14.1. The molecule has 1 heterocycles. The van der Waals surface area contributed by atoms with E-state index in [1.54, 1.807) is 6.07 Å². The van der Waals surface area contributed by atoms with Gasteiger partial charge in [0, 0.05) is 9.26 Å². The SMILES string of the molecule is O=C(Cn1ncc(Cl)c(Cl)c1=O)Nc1cccc(I)c1.